The fraction of sp³-hybridized carbons (Fsp3) is 0.250. The fourth-order valence-corrected chi connectivity index (χ4v) is 2.28. The van der Waals surface area contributed by atoms with E-state index in [1.165, 1.54) is 7.11 Å². The highest BCUT2D eigenvalue weighted by atomic mass is 16.5. The third kappa shape index (κ3) is 2.64. The van der Waals surface area contributed by atoms with Gasteiger partial charge in [-0.2, -0.15) is 0 Å². The van der Waals surface area contributed by atoms with Crippen LogP contribution in [-0.4, -0.2) is 24.0 Å². The maximum Gasteiger partial charge on any atom is 0.304 e. The van der Waals surface area contributed by atoms with Gasteiger partial charge in [-0.05, 0) is 16.8 Å². The van der Waals surface area contributed by atoms with Gasteiger partial charge in [-0.15, -0.1) is 0 Å². The summed E-state index contributed by atoms with van der Waals surface area (Å²) in [5.74, 6) is -1.30. The van der Waals surface area contributed by atoms with Crippen LogP contribution in [0.25, 0.3) is 10.8 Å². The summed E-state index contributed by atoms with van der Waals surface area (Å²) >= 11 is 0. The maximum absolute atomic E-state index is 12.5. The summed E-state index contributed by atoms with van der Waals surface area (Å²) in [6.07, 6.45) is -0.189. The lowest BCUT2D eigenvalue weighted by molar-refractivity contribution is -0.137. The molecule has 0 amide bonds. The molecule has 0 saturated heterocycles. The summed E-state index contributed by atoms with van der Waals surface area (Å²) in [5, 5.41) is 10.6. The predicted octanol–water partition coefficient (Wildman–Crippen LogP) is 3.14. The van der Waals surface area contributed by atoms with Crippen LogP contribution in [0, 0.1) is 5.92 Å². The van der Waals surface area contributed by atoms with E-state index in [9.17, 15) is 9.59 Å². The van der Waals surface area contributed by atoms with Gasteiger partial charge in [0.15, 0.2) is 5.78 Å². The van der Waals surface area contributed by atoms with E-state index in [4.69, 9.17) is 9.84 Å². The molecule has 0 saturated carbocycles. The number of methoxy groups -OCH3 is 1. The zero-order chi connectivity index (χ0) is 14.7. The van der Waals surface area contributed by atoms with Crippen molar-refractivity contribution in [3.05, 3.63) is 42.0 Å². The highest BCUT2D eigenvalue weighted by molar-refractivity contribution is 6.11. The Balaban J connectivity index is 2.56. The van der Waals surface area contributed by atoms with Crippen molar-refractivity contribution in [2.45, 2.75) is 13.3 Å². The van der Waals surface area contributed by atoms with E-state index in [1.54, 1.807) is 13.0 Å². The van der Waals surface area contributed by atoms with Crippen molar-refractivity contribution in [1.82, 2.24) is 0 Å². The molecule has 2 rings (SSSR count). The number of ether oxygens (including phenoxy) is 1. The predicted molar refractivity (Wildman–Crippen MR) is 76.2 cm³/mol. The molecule has 0 aliphatic rings. The lowest BCUT2D eigenvalue weighted by atomic mass is 9.92. The summed E-state index contributed by atoms with van der Waals surface area (Å²) < 4.78 is 5.26. The first-order valence-corrected chi connectivity index (χ1v) is 6.36. The Morgan fingerprint density at radius 1 is 1.20 bits per heavy atom. The Morgan fingerprint density at radius 3 is 2.55 bits per heavy atom. The zero-order valence-corrected chi connectivity index (χ0v) is 11.4. The molecule has 2 aromatic rings. The van der Waals surface area contributed by atoms with Gasteiger partial charge in [0, 0.05) is 5.92 Å². The molecule has 0 bridgehead atoms. The minimum absolute atomic E-state index is 0.189. The van der Waals surface area contributed by atoms with Gasteiger partial charge in [0.25, 0.3) is 0 Å². The molecule has 0 aliphatic heterocycles. The van der Waals surface area contributed by atoms with Crippen molar-refractivity contribution in [3.63, 3.8) is 0 Å². The zero-order valence-electron chi connectivity index (χ0n) is 11.4. The molecule has 104 valence electrons. The van der Waals surface area contributed by atoms with Crippen molar-refractivity contribution in [1.29, 1.82) is 0 Å². The Hall–Kier alpha value is -2.36. The van der Waals surface area contributed by atoms with Crippen LogP contribution in [0.15, 0.2) is 36.4 Å². The Labute approximate surface area is 117 Å². The number of aliphatic carboxylic acids is 1. The second kappa shape index (κ2) is 5.74. The number of benzene rings is 2. The van der Waals surface area contributed by atoms with Crippen molar-refractivity contribution in [2.75, 3.05) is 7.11 Å². The third-order valence-corrected chi connectivity index (χ3v) is 3.29. The van der Waals surface area contributed by atoms with E-state index in [-0.39, 0.29) is 12.2 Å². The van der Waals surface area contributed by atoms with Crippen LogP contribution in [0.5, 0.6) is 5.75 Å². The van der Waals surface area contributed by atoms with Gasteiger partial charge in [0.1, 0.15) is 5.75 Å². The average molecular weight is 272 g/mol. The van der Waals surface area contributed by atoms with Gasteiger partial charge in [-0.3, -0.25) is 9.59 Å². The summed E-state index contributed by atoms with van der Waals surface area (Å²) in [5.41, 5.74) is 0.458. The molecule has 20 heavy (non-hydrogen) atoms. The molecule has 0 heterocycles. The summed E-state index contributed by atoms with van der Waals surface area (Å²) in [7, 11) is 1.50. The van der Waals surface area contributed by atoms with E-state index in [1.807, 2.05) is 30.3 Å². The first-order chi connectivity index (χ1) is 9.54. The third-order valence-electron chi connectivity index (χ3n) is 3.29. The summed E-state index contributed by atoms with van der Waals surface area (Å²) in [6.45, 7) is 1.62. The normalized spacial score (nSPS) is 12.1. The molecular formula is C16H16O4. The van der Waals surface area contributed by atoms with Crippen LogP contribution in [-0.2, 0) is 4.79 Å². The molecule has 0 aromatic heterocycles. The molecule has 1 unspecified atom stereocenters. The highest BCUT2D eigenvalue weighted by Gasteiger charge is 2.23. The minimum Gasteiger partial charge on any atom is -0.496 e. The maximum atomic E-state index is 12.5. The van der Waals surface area contributed by atoms with Gasteiger partial charge < -0.3 is 9.84 Å². The smallest absolute Gasteiger partial charge is 0.304 e. The topological polar surface area (TPSA) is 63.6 Å². The van der Waals surface area contributed by atoms with Gasteiger partial charge in [-0.25, -0.2) is 0 Å². The van der Waals surface area contributed by atoms with Crippen molar-refractivity contribution in [3.8, 4) is 5.75 Å². The first kappa shape index (κ1) is 14.1. The van der Waals surface area contributed by atoms with Crippen LogP contribution < -0.4 is 4.74 Å². The lowest BCUT2D eigenvalue weighted by Gasteiger charge is -2.14. The molecule has 1 atom stereocenters. The molecule has 0 aliphatic carbocycles. The Morgan fingerprint density at radius 2 is 1.90 bits per heavy atom. The summed E-state index contributed by atoms with van der Waals surface area (Å²) in [4.78, 5) is 23.3. The van der Waals surface area contributed by atoms with Crippen molar-refractivity contribution >= 4 is 22.5 Å². The van der Waals surface area contributed by atoms with Crippen LogP contribution >= 0.6 is 0 Å². The fourth-order valence-electron chi connectivity index (χ4n) is 2.28. The molecule has 0 fully saturated rings. The Bertz CT molecular complexity index is 661. The van der Waals surface area contributed by atoms with Crippen LogP contribution in [0.3, 0.4) is 0 Å². The van der Waals surface area contributed by atoms with E-state index in [0.29, 0.717) is 11.3 Å². The quantitative estimate of drug-likeness (QED) is 0.849. The second-order valence-electron chi connectivity index (χ2n) is 4.73. The number of hydrogen-bond acceptors (Lipinski definition) is 3. The van der Waals surface area contributed by atoms with E-state index >= 15 is 0 Å². The van der Waals surface area contributed by atoms with Crippen LogP contribution in [0.2, 0.25) is 0 Å². The SMILES string of the molecule is COc1ccc2ccccc2c1C(=O)C(C)CC(=O)O. The standard InChI is InChI=1S/C16H16O4/c1-10(9-14(17)18)16(19)15-12-6-4-3-5-11(12)7-8-13(15)20-2/h3-8,10H,9H2,1-2H3,(H,17,18). The van der Waals surface area contributed by atoms with E-state index in [0.717, 1.165) is 10.8 Å². The number of fused-ring (bicyclic) bond motifs is 1. The van der Waals surface area contributed by atoms with Crippen LogP contribution in [0.4, 0.5) is 0 Å². The van der Waals surface area contributed by atoms with E-state index < -0.39 is 11.9 Å². The molecule has 1 N–H and O–H groups in total. The number of ketones is 1. The largest absolute Gasteiger partial charge is 0.496 e. The van der Waals surface area contributed by atoms with Crippen molar-refractivity contribution < 1.29 is 19.4 Å². The van der Waals surface area contributed by atoms with E-state index in [2.05, 4.69) is 0 Å². The minimum atomic E-state index is -0.981. The molecule has 2 aromatic carbocycles. The molecule has 0 radical (unpaired) electrons. The summed E-state index contributed by atoms with van der Waals surface area (Å²) in [6, 6.07) is 11.1. The number of carboxylic acids is 1. The van der Waals surface area contributed by atoms with Crippen LogP contribution in [0.1, 0.15) is 23.7 Å². The number of carbonyl (C=O) groups is 2. The number of carbonyl (C=O) groups excluding carboxylic acids is 1. The number of Topliss-reactive ketones (excluding diaryl/α,β-unsaturated/α-hetero) is 1. The monoisotopic (exact) mass is 272 g/mol. The number of rotatable bonds is 5. The molecule has 4 nitrogen and oxygen atoms in total. The lowest BCUT2D eigenvalue weighted by Crippen LogP contribution is -2.16. The highest BCUT2D eigenvalue weighted by Crippen LogP contribution is 2.30. The van der Waals surface area contributed by atoms with Crippen molar-refractivity contribution in [2.24, 2.45) is 5.92 Å². The van der Waals surface area contributed by atoms with Gasteiger partial charge in [0.2, 0.25) is 0 Å². The van der Waals surface area contributed by atoms with Gasteiger partial charge >= 0.3 is 5.97 Å². The van der Waals surface area contributed by atoms with Gasteiger partial charge in [-0.1, -0.05) is 37.3 Å². The van der Waals surface area contributed by atoms with Gasteiger partial charge in [0.05, 0.1) is 19.1 Å². The number of hydrogen-bond donors (Lipinski definition) is 1. The molecule has 4 heteroatoms. The first-order valence-electron chi connectivity index (χ1n) is 6.36. The second-order valence-corrected chi connectivity index (χ2v) is 4.73. The molecule has 0 spiro atoms. The average Bonchev–Trinajstić information content (AvgIpc) is 2.44. The Kier molecular flexibility index (Phi) is 4.03. The number of carboxylic acid groups (broad SMARTS) is 1. The molecular weight excluding hydrogens is 256 g/mol.